The lowest BCUT2D eigenvalue weighted by Gasteiger charge is -2.31. The maximum atomic E-state index is 13.1. The van der Waals surface area contributed by atoms with Crippen molar-refractivity contribution in [2.45, 2.75) is 25.7 Å². The third-order valence-electron chi connectivity index (χ3n) is 6.91. The van der Waals surface area contributed by atoms with E-state index in [4.69, 9.17) is 21.4 Å². The van der Waals surface area contributed by atoms with Crippen LogP contribution in [-0.2, 0) is 17.6 Å². The smallest absolute Gasteiger partial charge is 0.266 e. The average Bonchev–Trinajstić information content (AvgIpc) is 3.48. The van der Waals surface area contributed by atoms with Crippen LogP contribution in [0.15, 0.2) is 63.9 Å². The second-order valence-electron chi connectivity index (χ2n) is 9.37. The molecule has 2 aromatic carbocycles. The van der Waals surface area contributed by atoms with Gasteiger partial charge in [0.2, 0.25) is 17.5 Å². The van der Waals surface area contributed by atoms with Gasteiger partial charge in [-0.2, -0.15) is 10.2 Å². The number of ether oxygens (including phenoxy) is 1. The van der Waals surface area contributed by atoms with E-state index in [1.54, 1.807) is 18.1 Å². The van der Waals surface area contributed by atoms with Crippen molar-refractivity contribution in [3.63, 3.8) is 0 Å². The second kappa shape index (κ2) is 11.8. The molecule has 38 heavy (non-hydrogen) atoms. The second-order valence-corrected chi connectivity index (χ2v) is 11.0. The van der Waals surface area contributed by atoms with Gasteiger partial charge in [-0.15, -0.1) is 0 Å². The molecule has 3 heterocycles. The van der Waals surface area contributed by atoms with Crippen LogP contribution in [-0.4, -0.2) is 46.9 Å². The summed E-state index contributed by atoms with van der Waals surface area (Å²) in [5.41, 5.74) is 2.69. The fraction of sp³-hybridized carbons (Fsp3) is 0.310. The van der Waals surface area contributed by atoms with Gasteiger partial charge in [-0.3, -0.25) is 9.69 Å². The lowest BCUT2D eigenvalue weighted by molar-refractivity contribution is -0.122. The number of piperidine rings is 1. The van der Waals surface area contributed by atoms with Gasteiger partial charge in [0.1, 0.15) is 16.1 Å². The minimum Gasteiger partial charge on any atom is -0.497 e. The summed E-state index contributed by atoms with van der Waals surface area (Å²) in [5.74, 6) is 1.95. The van der Waals surface area contributed by atoms with Crippen molar-refractivity contribution in [3.05, 3.63) is 82.2 Å². The van der Waals surface area contributed by atoms with Gasteiger partial charge in [0.25, 0.3) is 5.91 Å². The summed E-state index contributed by atoms with van der Waals surface area (Å²) < 4.78 is 11.7. The maximum absolute atomic E-state index is 13.1. The molecule has 9 heteroatoms. The van der Waals surface area contributed by atoms with Gasteiger partial charge < -0.3 is 14.1 Å². The highest BCUT2D eigenvalue weighted by molar-refractivity contribution is 8.26. The number of anilines is 1. The highest BCUT2D eigenvalue weighted by atomic mass is 32.2. The number of carbonyl (C=O) groups excluding carboxylic acids is 1. The average molecular weight is 545 g/mol. The number of methoxy groups -OCH3 is 1. The molecule has 0 bridgehead atoms. The quantitative estimate of drug-likeness (QED) is 0.273. The molecule has 2 fully saturated rings. The number of hydrogen-bond acceptors (Lipinski definition) is 8. The van der Waals surface area contributed by atoms with Crippen LogP contribution in [0.5, 0.6) is 5.75 Å². The standard InChI is InChI=1S/C29H28N4O3S2/c1-35-23-9-7-20(8-10-23)13-16-33-27(34)25(38-29(33)37)18-26-31-24(19-30)28(36-26)32-14-11-22(12-15-32)17-21-5-3-2-4-6-21/h2-10,18,22H,11-17H2,1H3/b25-18+. The molecule has 1 aromatic heterocycles. The first-order chi connectivity index (χ1) is 18.5. The fourth-order valence-electron chi connectivity index (χ4n) is 4.80. The number of nitriles is 1. The molecule has 2 aliphatic rings. The summed E-state index contributed by atoms with van der Waals surface area (Å²) in [6.07, 6.45) is 5.36. The minimum absolute atomic E-state index is 0.173. The SMILES string of the molecule is COc1ccc(CCN2C(=O)/C(=C\c3nc(C#N)c(N4CCC(Cc5ccccc5)CC4)o3)SC2=S)cc1. The van der Waals surface area contributed by atoms with E-state index in [0.717, 1.165) is 43.7 Å². The molecular weight excluding hydrogens is 516 g/mol. The van der Waals surface area contributed by atoms with E-state index in [9.17, 15) is 10.1 Å². The molecule has 2 saturated heterocycles. The zero-order chi connectivity index (χ0) is 26.5. The molecule has 194 valence electrons. The van der Waals surface area contributed by atoms with Gasteiger partial charge in [-0.05, 0) is 54.9 Å². The van der Waals surface area contributed by atoms with Crippen LogP contribution in [0.2, 0.25) is 0 Å². The number of thioether (sulfide) groups is 1. The van der Waals surface area contributed by atoms with Crippen LogP contribution in [0.1, 0.15) is 35.6 Å². The van der Waals surface area contributed by atoms with E-state index in [1.807, 2.05) is 30.3 Å². The zero-order valence-corrected chi connectivity index (χ0v) is 22.8. The Kier molecular flexibility index (Phi) is 8.11. The molecule has 0 atom stereocenters. The molecule has 5 rings (SSSR count). The molecule has 0 unspecified atom stereocenters. The zero-order valence-electron chi connectivity index (χ0n) is 21.1. The Morgan fingerprint density at radius 3 is 2.58 bits per heavy atom. The van der Waals surface area contributed by atoms with Crippen molar-refractivity contribution in [2.75, 3.05) is 31.6 Å². The maximum Gasteiger partial charge on any atom is 0.266 e. The Bertz CT molecular complexity index is 1370. The summed E-state index contributed by atoms with van der Waals surface area (Å²) in [4.78, 5) is 21.6. The van der Waals surface area contributed by atoms with Crippen LogP contribution in [0.25, 0.3) is 6.08 Å². The number of nitrogens with zero attached hydrogens (tertiary/aromatic N) is 4. The Morgan fingerprint density at radius 1 is 1.16 bits per heavy atom. The number of aromatic nitrogens is 1. The van der Waals surface area contributed by atoms with Crippen molar-refractivity contribution in [2.24, 2.45) is 5.92 Å². The predicted molar refractivity (Wildman–Crippen MR) is 153 cm³/mol. The summed E-state index contributed by atoms with van der Waals surface area (Å²) in [5, 5.41) is 9.69. The molecule has 2 aliphatic heterocycles. The van der Waals surface area contributed by atoms with Gasteiger partial charge in [-0.25, -0.2) is 0 Å². The van der Waals surface area contributed by atoms with Crippen LogP contribution >= 0.6 is 24.0 Å². The molecule has 3 aromatic rings. The van der Waals surface area contributed by atoms with E-state index in [2.05, 4.69) is 40.2 Å². The Labute approximate surface area is 232 Å². The first-order valence-corrected chi connectivity index (χ1v) is 13.8. The van der Waals surface area contributed by atoms with Crippen molar-refractivity contribution >= 4 is 46.2 Å². The van der Waals surface area contributed by atoms with Crippen LogP contribution < -0.4 is 9.64 Å². The van der Waals surface area contributed by atoms with Gasteiger partial charge in [0, 0.05) is 25.7 Å². The van der Waals surface area contributed by atoms with Crippen LogP contribution in [0.4, 0.5) is 5.88 Å². The fourth-order valence-corrected chi connectivity index (χ4v) is 6.08. The molecular formula is C29H28N4O3S2. The molecule has 0 saturated carbocycles. The van der Waals surface area contributed by atoms with Crippen molar-refractivity contribution in [1.29, 1.82) is 5.26 Å². The monoisotopic (exact) mass is 544 g/mol. The van der Waals surface area contributed by atoms with Gasteiger partial charge in [-0.1, -0.05) is 66.4 Å². The Balaban J connectivity index is 1.22. The minimum atomic E-state index is -0.173. The molecule has 7 nitrogen and oxygen atoms in total. The van der Waals surface area contributed by atoms with Crippen molar-refractivity contribution < 1.29 is 13.9 Å². The van der Waals surface area contributed by atoms with Gasteiger partial charge >= 0.3 is 0 Å². The molecule has 0 N–H and O–H groups in total. The van der Waals surface area contributed by atoms with Crippen molar-refractivity contribution in [3.8, 4) is 11.8 Å². The Hall–Kier alpha value is -3.61. The normalized spacial score (nSPS) is 17.3. The highest BCUT2D eigenvalue weighted by Gasteiger charge is 2.33. The van der Waals surface area contributed by atoms with Gasteiger partial charge in [0.05, 0.1) is 12.0 Å². The van der Waals surface area contributed by atoms with E-state index in [1.165, 1.54) is 17.3 Å². The lowest BCUT2D eigenvalue weighted by atomic mass is 9.90. The first-order valence-electron chi connectivity index (χ1n) is 12.6. The van der Waals surface area contributed by atoms with Crippen molar-refractivity contribution in [1.82, 2.24) is 9.88 Å². The predicted octanol–water partition coefficient (Wildman–Crippen LogP) is 5.46. The largest absolute Gasteiger partial charge is 0.497 e. The molecule has 0 radical (unpaired) electrons. The highest BCUT2D eigenvalue weighted by Crippen LogP contribution is 2.34. The topological polar surface area (TPSA) is 82.6 Å². The lowest BCUT2D eigenvalue weighted by Crippen LogP contribution is -2.34. The molecule has 0 spiro atoms. The number of benzene rings is 2. The van der Waals surface area contributed by atoms with Gasteiger partial charge in [0.15, 0.2) is 0 Å². The number of carbonyl (C=O) groups is 1. The summed E-state index contributed by atoms with van der Waals surface area (Å²) in [6.45, 7) is 2.08. The summed E-state index contributed by atoms with van der Waals surface area (Å²) in [7, 11) is 1.63. The molecule has 1 amide bonds. The third-order valence-corrected chi connectivity index (χ3v) is 8.29. The third kappa shape index (κ3) is 5.93. The van der Waals surface area contributed by atoms with E-state index >= 15 is 0 Å². The number of oxazole rings is 1. The Morgan fingerprint density at radius 2 is 1.89 bits per heavy atom. The summed E-state index contributed by atoms with van der Waals surface area (Å²) >= 11 is 6.71. The van der Waals surface area contributed by atoms with E-state index < -0.39 is 0 Å². The first kappa shape index (κ1) is 26.0. The van der Waals surface area contributed by atoms with E-state index in [-0.39, 0.29) is 17.5 Å². The number of thiocarbonyl (C=S) groups is 1. The van der Waals surface area contributed by atoms with Crippen LogP contribution in [0.3, 0.4) is 0 Å². The van der Waals surface area contributed by atoms with E-state index in [0.29, 0.717) is 34.0 Å². The molecule has 0 aliphatic carbocycles. The number of amides is 1. The number of rotatable bonds is 8. The summed E-state index contributed by atoms with van der Waals surface area (Å²) in [6, 6.07) is 20.5. The number of hydrogen-bond donors (Lipinski definition) is 0. The van der Waals surface area contributed by atoms with Crippen LogP contribution in [0, 0.1) is 17.2 Å².